The summed E-state index contributed by atoms with van der Waals surface area (Å²) in [7, 11) is 4.16. The Labute approximate surface area is 130 Å². The summed E-state index contributed by atoms with van der Waals surface area (Å²) in [5.74, 6) is 0. The van der Waals surface area contributed by atoms with Crippen molar-refractivity contribution in [3.8, 4) is 0 Å². The second-order valence-electron chi connectivity index (χ2n) is 5.53. The molecule has 0 spiro atoms. The molecular weight excluding hydrogens is 280 g/mol. The predicted molar refractivity (Wildman–Crippen MR) is 88.1 cm³/mol. The average molecular weight is 302 g/mol. The van der Waals surface area contributed by atoms with Crippen LogP contribution in [0.4, 0.5) is 5.13 Å². The van der Waals surface area contributed by atoms with Crippen LogP contribution in [-0.2, 0) is 12.8 Å². The maximum Gasteiger partial charge on any atom is 0.185 e. The van der Waals surface area contributed by atoms with Crippen molar-refractivity contribution in [1.29, 1.82) is 0 Å². The van der Waals surface area contributed by atoms with Gasteiger partial charge in [-0.3, -0.25) is 4.98 Å². The summed E-state index contributed by atoms with van der Waals surface area (Å²) in [6.45, 7) is 0.952. The monoisotopic (exact) mass is 302 g/mol. The lowest BCUT2D eigenvalue weighted by Crippen LogP contribution is -2.22. The van der Waals surface area contributed by atoms with Gasteiger partial charge in [0.05, 0.1) is 11.7 Å². The van der Waals surface area contributed by atoms with Crippen LogP contribution >= 0.6 is 11.3 Å². The van der Waals surface area contributed by atoms with Gasteiger partial charge in [-0.25, -0.2) is 4.98 Å². The van der Waals surface area contributed by atoms with E-state index in [4.69, 9.17) is 4.98 Å². The molecule has 0 radical (unpaired) electrons. The number of aryl methyl sites for hydroxylation is 1. The molecular formula is C16H22N4S. The fraction of sp³-hybridized carbons (Fsp3) is 0.500. The Balaban J connectivity index is 1.68. The molecule has 1 N–H and O–H groups in total. The molecule has 4 nitrogen and oxygen atoms in total. The third kappa shape index (κ3) is 3.24. The number of thiazole rings is 1. The van der Waals surface area contributed by atoms with Crippen LogP contribution in [0.25, 0.3) is 0 Å². The summed E-state index contributed by atoms with van der Waals surface area (Å²) < 4.78 is 0. The van der Waals surface area contributed by atoms with Crippen molar-refractivity contribution in [2.24, 2.45) is 0 Å². The maximum atomic E-state index is 4.88. The number of anilines is 1. The molecule has 0 fully saturated rings. The summed E-state index contributed by atoms with van der Waals surface area (Å²) in [6.07, 6.45) is 6.45. The molecule has 112 valence electrons. The van der Waals surface area contributed by atoms with Crippen molar-refractivity contribution in [3.63, 3.8) is 0 Å². The molecule has 0 aliphatic heterocycles. The molecule has 2 heterocycles. The maximum absolute atomic E-state index is 4.88. The topological polar surface area (TPSA) is 41.0 Å². The van der Waals surface area contributed by atoms with Crippen LogP contribution in [0.15, 0.2) is 24.4 Å². The fourth-order valence-corrected chi connectivity index (χ4v) is 3.92. The van der Waals surface area contributed by atoms with Crippen molar-refractivity contribution < 1.29 is 0 Å². The number of hydrogen-bond donors (Lipinski definition) is 1. The van der Waals surface area contributed by atoms with Crippen molar-refractivity contribution in [2.45, 2.75) is 31.7 Å². The minimum absolute atomic E-state index is 0.433. The predicted octanol–water partition coefficient (Wildman–Crippen LogP) is 2.81. The van der Waals surface area contributed by atoms with Gasteiger partial charge in [0, 0.05) is 36.8 Å². The van der Waals surface area contributed by atoms with Crippen LogP contribution in [-0.4, -0.2) is 30.6 Å². The SMILES string of the molecule is CNC1CCCc2sc(N(C)CCc3ccccn3)nc21. The number of fused-ring (bicyclic) bond motifs is 1. The number of aromatic nitrogens is 2. The summed E-state index contributed by atoms with van der Waals surface area (Å²) in [4.78, 5) is 13.0. The third-order valence-electron chi connectivity index (χ3n) is 4.05. The highest BCUT2D eigenvalue weighted by Gasteiger charge is 2.24. The van der Waals surface area contributed by atoms with Crippen molar-refractivity contribution in [1.82, 2.24) is 15.3 Å². The zero-order valence-corrected chi connectivity index (χ0v) is 13.5. The molecule has 21 heavy (non-hydrogen) atoms. The van der Waals surface area contributed by atoms with E-state index in [-0.39, 0.29) is 0 Å². The first kappa shape index (κ1) is 14.5. The first-order valence-corrected chi connectivity index (χ1v) is 8.37. The smallest absolute Gasteiger partial charge is 0.185 e. The minimum atomic E-state index is 0.433. The van der Waals surface area contributed by atoms with E-state index in [0.717, 1.165) is 23.8 Å². The van der Waals surface area contributed by atoms with Gasteiger partial charge in [-0.05, 0) is 38.4 Å². The molecule has 0 bridgehead atoms. The quantitative estimate of drug-likeness (QED) is 0.922. The standard InChI is InChI=1S/C16H22N4S/c1-17-13-7-5-8-14-15(13)19-16(21-14)20(2)11-9-12-6-3-4-10-18-12/h3-4,6,10,13,17H,5,7-9,11H2,1-2H3. The van der Waals surface area contributed by atoms with Gasteiger partial charge < -0.3 is 10.2 Å². The van der Waals surface area contributed by atoms with Crippen molar-refractivity contribution in [3.05, 3.63) is 40.7 Å². The highest BCUT2D eigenvalue weighted by molar-refractivity contribution is 7.15. The zero-order valence-electron chi connectivity index (χ0n) is 12.7. The Morgan fingerprint density at radius 3 is 3.10 bits per heavy atom. The first-order valence-electron chi connectivity index (χ1n) is 7.56. The lowest BCUT2D eigenvalue weighted by atomic mass is 9.98. The van der Waals surface area contributed by atoms with Crippen LogP contribution < -0.4 is 10.2 Å². The Morgan fingerprint density at radius 2 is 2.33 bits per heavy atom. The van der Waals surface area contributed by atoms with Gasteiger partial charge in [-0.15, -0.1) is 11.3 Å². The molecule has 0 amide bonds. The van der Waals surface area contributed by atoms with E-state index in [0.29, 0.717) is 6.04 Å². The Hall–Kier alpha value is -1.46. The molecule has 1 aliphatic rings. The molecule has 2 aromatic heterocycles. The number of nitrogens with zero attached hydrogens (tertiary/aromatic N) is 3. The normalized spacial score (nSPS) is 17.5. The molecule has 1 aliphatic carbocycles. The zero-order chi connectivity index (χ0) is 14.7. The van der Waals surface area contributed by atoms with Crippen LogP contribution in [0.2, 0.25) is 0 Å². The minimum Gasteiger partial charge on any atom is -0.351 e. The van der Waals surface area contributed by atoms with E-state index < -0.39 is 0 Å². The summed E-state index contributed by atoms with van der Waals surface area (Å²) >= 11 is 1.85. The second-order valence-corrected chi connectivity index (χ2v) is 6.59. The van der Waals surface area contributed by atoms with E-state index in [1.807, 2.05) is 36.7 Å². The van der Waals surface area contributed by atoms with Gasteiger partial charge in [0.25, 0.3) is 0 Å². The first-order chi connectivity index (χ1) is 10.3. The van der Waals surface area contributed by atoms with Crippen LogP contribution in [0.1, 0.15) is 35.1 Å². The van der Waals surface area contributed by atoms with Crippen LogP contribution in [0.3, 0.4) is 0 Å². The van der Waals surface area contributed by atoms with Gasteiger partial charge >= 0.3 is 0 Å². The average Bonchev–Trinajstić information content (AvgIpc) is 2.97. The van der Waals surface area contributed by atoms with Crippen LogP contribution in [0.5, 0.6) is 0 Å². The largest absolute Gasteiger partial charge is 0.351 e. The molecule has 0 saturated carbocycles. The lowest BCUT2D eigenvalue weighted by Gasteiger charge is -2.20. The highest BCUT2D eigenvalue weighted by Crippen LogP contribution is 2.36. The number of pyridine rings is 1. The molecule has 5 heteroatoms. The Bertz CT molecular complexity index is 581. The number of likely N-dealkylation sites (N-methyl/N-ethyl adjacent to an activating group) is 1. The van der Waals surface area contributed by atoms with E-state index >= 15 is 0 Å². The summed E-state index contributed by atoms with van der Waals surface area (Å²) in [5, 5.41) is 4.52. The molecule has 0 saturated heterocycles. The molecule has 0 aromatic carbocycles. The fourth-order valence-electron chi connectivity index (χ4n) is 2.77. The molecule has 3 rings (SSSR count). The summed E-state index contributed by atoms with van der Waals surface area (Å²) in [6, 6.07) is 6.52. The van der Waals surface area contributed by atoms with Gasteiger partial charge in [-0.1, -0.05) is 6.07 Å². The highest BCUT2D eigenvalue weighted by atomic mass is 32.1. The van der Waals surface area contributed by atoms with Gasteiger partial charge in [0.1, 0.15) is 0 Å². The van der Waals surface area contributed by atoms with E-state index in [9.17, 15) is 0 Å². The number of rotatable bonds is 5. The number of hydrogen-bond acceptors (Lipinski definition) is 5. The Morgan fingerprint density at radius 1 is 1.43 bits per heavy atom. The summed E-state index contributed by atoms with van der Waals surface area (Å²) in [5.41, 5.74) is 2.41. The van der Waals surface area contributed by atoms with Gasteiger partial charge in [-0.2, -0.15) is 0 Å². The van der Waals surface area contributed by atoms with Crippen molar-refractivity contribution in [2.75, 3.05) is 25.5 Å². The Kier molecular flexibility index (Phi) is 4.51. The molecule has 2 aromatic rings. The van der Waals surface area contributed by atoms with Crippen LogP contribution in [0, 0.1) is 0 Å². The van der Waals surface area contributed by atoms with E-state index in [1.54, 1.807) is 0 Å². The van der Waals surface area contributed by atoms with E-state index in [2.05, 4.69) is 28.3 Å². The molecule has 1 atom stereocenters. The second kappa shape index (κ2) is 6.54. The van der Waals surface area contributed by atoms with Crippen molar-refractivity contribution >= 4 is 16.5 Å². The third-order valence-corrected chi connectivity index (χ3v) is 5.29. The van der Waals surface area contributed by atoms with E-state index in [1.165, 1.54) is 29.8 Å². The lowest BCUT2D eigenvalue weighted by molar-refractivity contribution is 0.490. The van der Waals surface area contributed by atoms with Gasteiger partial charge in [0.15, 0.2) is 5.13 Å². The number of nitrogens with one attached hydrogen (secondary N) is 1. The molecule has 1 unspecified atom stereocenters. The van der Waals surface area contributed by atoms with Gasteiger partial charge in [0.2, 0.25) is 0 Å².